The fourth-order valence-corrected chi connectivity index (χ4v) is 3.82. The Morgan fingerprint density at radius 3 is 2.25 bits per heavy atom. The van der Waals surface area contributed by atoms with Gasteiger partial charge in [-0.15, -0.1) is 0 Å². The Hall–Kier alpha value is -1.26. The molecule has 0 aromatic carbocycles. The maximum absolute atomic E-state index is 12.6. The number of oxime groups is 1. The first-order chi connectivity index (χ1) is 9.67. The van der Waals surface area contributed by atoms with Crippen molar-refractivity contribution in [1.82, 2.24) is 5.32 Å². The molecule has 5 nitrogen and oxygen atoms in total. The van der Waals surface area contributed by atoms with Crippen LogP contribution in [-0.2, 0) is 4.79 Å². The molecule has 0 atom stereocenters. The summed E-state index contributed by atoms with van der Waals surface area (Å²) < 4.78 is 0. The van der Waals surface area contributed by atoms with Crippen molar-refractivity contribution in [1.29, 1.82) is 0 Å². The molecule has 3 saturated carbocycles. The summed E-state index contributed by atoms with van der Waals surface area (Å²) in [4.78, 5) is 12.6. The molecule has 3 aliphatic carbocycles. The Morgan fingerprint density at radius 1 is 1.25 bits per heavy atom. The summed E-state index contributed by atoms with van der Waals surface area (Å²) in [5.41, 5.74) is 5.05. The maximum Gasteiger partial charge on any atom is 0.233 e. The SMILES string of the molecule is NC(=NO)C1(C(=O)NCC(C2CC2)C2CC2)CCCC1. The van der Waals surface area contributed by atoms with Crippen molar-refractivity contribution >= 4 is 11.7 Å². The molecule has 3 rings (SSSR count). The number of carbonyl (C=O) groups excluding carboxylic acids is 1. The number of rotatable bonds is 6. The molecule has 3 fully saturated rings. The number of carbonyl (C=O) groups is 1. The van der Waals surface area contributed by atoms with E-state index in [1.54, 1.807) is 0 Å². The molecule has 0 saturated heterocycles. The first-order valence-electron chi connectivity index (χ1n) is 7.93. The van der Waals surface area contributed by atoms with Gasteiger partial charge in [-0.2, -0.15) is 0 Å². The molecule has 0 unspecified atom stereocenters. The Balaban J connectivity index is 1.62. The van der Waals surface area contributed by atoms with Gasteiger partial charge in [0.1, 0.15) is 5.41 Å². The molecular weight excluding hydrogens is 254 g/mol. The molecule has 5 heteroatoms. The summed E-state index contributed by atoms with van der Waals surface area (Å²) >= 11 is 0. The fraction of sp³-hybridized carbons (Fsp3) is 0.867. The van der Waals surface area contributed by atoms with Crippen molar-refractivity contribution in [2.45, 2.75) is 51.4 Å². The van der Waals surface area contributed by atoms with Crippen LogP contribution in [0.4, 0.5) is 0 Å². The molecule has 112 valence electrons. The minimum absolute atomic E-state index is 0.0309. The minimum Gasteiger partial charge on any atom is -0.409 e. The number of amidine groups is 1. The first kappa shape index (κ1) is 13.7. The van der Waals surface area contributed by atoms with Crippen molar-refractivity contribution in [2.75, 3.05) is 6.54 Å². The van der Waals surface area contributed by atoms with E-state index in [0.29, 0.717) is 18.8 Å². The monoisotopic (exact) mass is 279 g/mol. The topological polar surface area (TPSA) is 87.7 Å². The lowest BCUT2D eigenvalue weighted by molar-refractivity contribution is -0.127. The van der Waals surface area contributed by atoms with Gasteiger partial charge in [-0.3, -0.25) is 4.79 Å². The summed E-state index contributed by atoms with van der Waals surface area (Å²) in [5, 5.41) is 15.2. The average molecular weight is 279 g/mol. The van der Waals surface area contributed by atoms with Gasteiger partial charge < -0.3 is 16.3 Å². The van der Waals surface area contributed by atoms with Gasteiger partial charge >= 0.3 is 0 Å². The van der Waals surface area contributed by atoms with Crippen molar-refractivity contribution in [2.24, 2.45) is 34.1 Å². The van der Waals surface area contributed by atoms with E-state index in [9.17, 15) is 4.79 Å². The van der Waals surface area contributed by atoms with Gasteiger partial charge in [0.15, 0.2) is 5.84 Å². The zero-order valence-corrected chi connectivity index (χ0v) is 12.0. The van der Waals surface area contributed by atoms with Crippen LogP contribution in [0.2, 0.25) is 0 Å². The second-order valence-corrected chi connectivity index (χ2v) is 6.82. The highest BCUT2D eigenvalue weighted by Gasteiger charge is 2.47. The van der Waals surface area contributed by atoms with E-state index in [1.165, 1.54) is 25.7 Å². The van der Waals surface area contributed by atoms with Crippen LogP contribution in [0.15, 0.2) is 5.16 Å². The second-order valence-electron chi connectivity index (χ2n) is 6.82. The number of nitrogens with two attached hydrogens (primary N) is 1. The highest BCUT2D eigenvalue weighted by Crippen LogP contribution is 2.49. The van der Waals surface area contributed by atoms with E-state index < -0.39 is 5.41 Å². The Bertz CT molecular complexity index is 395. The molecule has 0 aromatic heterocycles. The van der Waals surface area contributed by atoms with E-state index in [-0.39, 0.29) is 11.7 Å². The van der Waals surface area contributed by atoms with Crippen LogP contribution < -0.4 is 11.1 Å². The highest BCUT2D eigenvalue weighted by molar-refractivity contribution is 6.07. The van der Waals surface area contributed by atoms with E-state index >= 15 is 0 Å². The molecule has 0 aliphatic heterocycles. The lowest BCUT2D eigenvalue weighted by Gasteiger charge is -2.27. The number of hydrogen-bond acceptors (Lipinski definition) is 3. The maximum atomic E-state index is 12.6. The highest BCUT2D eigenvalue weighted by atomic mass is 16.4. The summed E-state index contributed by atoms with van der Waals surface area (Å²) in [6, 6.07) is 0. The molecule has 0 radical (unpaired) electrons. The zero-order valence-electron chi connectivity index (χ0n) is 12.0. The van der Waals surface area contributed by atoms with Gasteiger partial charge in [0.2, 0.25) is 5.91 Å². The normalized spacial score (nSPS) is 25.9. The summed E-state index contributed by atoms with van der Waals surface area (Å²) in [7, 11) is 0. The van der Waals surface area contributed by atoms with Crippen LogP contribution >= 0.6 is 0 Å². The summed E-state index contributed by atoms with van der Waals surface area (Å²) in [6.45, 7) is 0.772. The number of nitrogens with zero attached hydrogens (tertiary/aromatic N) is 1. The quantitative estimate of drug-likeness (QED) is 0.300. The van der Waals surface area contributed by atoms with Crippen molar-refractivity contribution < 1.29 is 10.0 Å². The molecule has 4 N–H and O–H groups in total. The predicted octanol–water partition coefficient (Wildman–Crippen LogP) is 1.85. The molecule has 1 amide bonds. The van der Waals surface area contributed by atoms with Crippen molar-refractivity contribution in [3.63, 3.8) is 0 Å². The summed E-state index contributed by atoms with van der Waals surface area (Å²) in [6.07, 6.45) is 8.63. The Morgan fingerprint density at radius 2 is 1.80 bits per heavy atom. The fourth-order valence-electron chi connectivity index (χ4n) is 3.82. The Labute approximate surface area is 120 Å². The van der Waals surface area contributed by atoms with Crippen LogP contribution in [0.1, 0.15) is 51.4 Å². The molecule has 3 aliphatic rings. The lowest BCUT2D eigenvalue weighted by Crippen LogP contribution is -2.49. The van der Waals surface area contributed by atoms with Crippen LogP contribution in [0, 0.1) is 23.2 Å². The summed E-state index contributed by atoms with van der Waals surface area (Å²) in [5.74, 6) is 2.36. The predicted molar refractivity (Wildman–Crippen MR) is 76.3 cm³/mol. The van der Waals surface area contributed by atoms with E-state index in [4.69, 9.17) is 10.9 Å². The third-order valence-electron chi connectivity index (χ3n) is 5.44. The largest absolute Gasteiger partial charge is 0.409 e. The van der Waals surface area contributed by atoms with Crippen LogP contribution in [0.5, 0.6) is 0 Å². The number of nitrogens with one attached hydrogen (secondary N) is 1. The minimum atomic E-state index is -0.758. The molecular formula is C15H25N3O2. The average Bonchev–Trinajstić information content (AvgIpc) is 3.39. The van der Waals surface area contributed by atoms with Crippen LogP contribution in [0.25, 0.3) is 0 Å². The van der Waals surface area contributed by atoms with Gasteiger partial charge in [0, 0.05) is 6.54 Å². The molecule has 0 aromatic rings. The number of hydrogen-bond donors (Lipinski definition) is 3. The number of amides is 1. The van der Waals surface area contributed by atoms with E-state index in [2.05, 4.69) is 10.5 Å². The van der Waals surface area contributed by atoms with Crippen molar-refractivity contribution in [3.8, 4) is 0 Å². The molecule has 0 heterocycles. The van der Waals surface area contributed by atoms with Gasteiger partial charge in [-0.05, 0) is 56.3 Å². The zero-order chi connectivity index (χ0) is 14.2. The third-order valence-corrected chi connectivity index (χ3v) is 5.44. The van der Waals surface area contributed by atoms with Crippen LogP contribution in [0.3, 0.4) is 0 Å². The van der Waals surface area contributed by atoms with Gasteiger partial charge in [0.05, 0.1) is 0 Å². The second kappa shape index (κ2) is 5.26. The Kier molecular flexibility index (Phi) is 3.61. The molecule has 0 bridgehead atoms. The standard InChI is InChI=1S/C15H25N3O2/c16-13(18-20)15(7-1-2-8-15)14(19)17-9-12(10-3-4-10)11-5-6-11/h10-12,20H,1-9H2,(H2,16,18)(H,17,19). The van der Waals surface area contributed by atoms with E-state index in [1.807, 2.05) is 0 Å². The first-order valence-corrected chi connectivity index (χ1v) is 7.93. The van der Waals surface area contributed by atoms with Gasteiger partial charge in [-0.25, -0.2) is 0 Å². The lowest BCUT2D eigenvalue weighted by atomic mass is 9.83. The van der Waals surface area contributed by atoms with Crippen LogP contribution in [-0.4, -0.2) is 23.5 Å². The van der Waals surface area contributed by atoms with Gasteiger partial charge in [-0.1, -0.05) is 18.0 Å². The third kappa shape index (κ3) is 2.50. The molecule has 20 heavy (non-hydrogen) atoms. The van der Waals surface area contributed by atoms with Gasteiger partial charge in [0.25, 0.3) is 0 Å². The van der Waals surface area contributed by atoms with Crippen molar-refractivity contribution in [3.05, 3.63) is 0 Å². The molecule has 0 spiro atoms. The smallest absolute Gasteiger partial charge is 0.233 e. The van der Waals surface area contributed by atoms with E-state index in [0.717, 1.165) is 31.2 Å².